The second-order valence-electron chi connectivity index (χ2n) is 10.9. The number of benzene rings is 6. The van der Waals surface area contributed by atoms with Crippen molar-refractivity contribution < 1.29 is 9.21 Å². The van der Waals surface area contributed by atoms with Gasteiger partial charge in [0.15, 0.2) is 11.4 Å². The van der Waals surface area contributed by atoms with Gasteiger partial charge in [-0.2, -0.15) is 0 Å². The zero-order valence-electron chi connectivity index (χ0n) is 24.8. The highest BCUT2D eigenvalue weighted by atomic mass is 16.3. The molecule has 0 unspecified atom stereocenters. The fraction of sp³-hybridized carbons (Fsp3) is 0.0244. The fourth-order valence-corrected chi connectivity index (χ4v) is 5.50. The maximum absolute atomic E-state index is 12.7. The molecule has 0 atom stereocenters. The normalized spacial score (nSPS) is 11.4. The van der Waals surface area contributed by atoms with Gasteiger partial charge in [-0.15, -0.1) is 0 Å². The van der Waals surface area contributed by atoms with Gasteiger partial charge in [0, 0.05) is 17.1 Å². The zero-order chi connectivity index (χ0) is 30.6. The van der Waals surface area contributed by atoms with Crippen molar-refractivity contribution in [1.29, 1.82) is 0 Å². The van der Waals surface area contributed by atoms with Crippen molar-refractivity contribution >= 4 is 45.6 Å². The van der Waals surface area contributed by atoms with E-state index in [1.165, 1.54) is 18.1 Å². The molecular formula is C41H30N2O2. The van der Waals surface area contributed by atoms with E-state index in [0.29, 0.717) is 17.0 Å². The van der Waals surface area contributed by atoms with Gasteiger partial charge in [-0.25, -0.2) is 4.98 Å². The number of nitrogens with zero attached hydrogens (tertiary/aromatic N) is 2. The number of aromatic nitrogens is 1. The summed E-state index contributed by atoms with van der Waals surface area (Å²) < 4.78 is 5.92. The molecule has 4 nitrogen and oxygen atoms in total. The Morgan fingerprint density at radius 2 is 1.00 bits per heavy atom. The van der Waals surface area contributed by atoms with Gasteiger partial charge < -0.3 is 9.32 Å². The second-order valence-corrected chi connectivity index (χ2v) is 10.9. The molecular weight excluding hydrogens is 552 g/mol. The Morgan fingerprint density at radius 1 is 0.556 bits per heavy atom. The number of fused-ring (bicyclic) bond motifs is 1. The Hall–Kier alpha value is -6.00. The van der Waals surface area contributed by atoms with Gasteiger partial charge in [0.25, 0.3) is 0 Å². The minimum Gasteiger partial charge on any atom is -0.436 e. The number of ketones is 1. The molecule has 0 saturated heterocycles. The number of allylic oxidation sites excluding steroid dienone is 1. The molecule has 6 aromatic carbocycles. The first-order valence-corrected chi connectivity index (χ1v) is 14.9. The summed E-state index contributed by atoms with van der Waals surface area (Å²) in [5.74, 6) is 0.218. The van der Waals surface area contributed by atoms with Gasteiger partial charge in [-0.05, 0) is 89.3 Å². The Morgan fingerprint density at radius 3 is 1.49 bits per heavy atom. The number of hydrogen-bond acceptors (Lipinski definition) is 4. The Labute approximate surface area is 262 Å². The molecule has 45 heavy (non-hydrogen) atoms. The van der Waals surface area contributed by atoms with Crippen molar-refractivity contribution in [2.24, 2.45) is 0 Å². The van der Waals surface area contributed by atoms with Crippen molar-refractivity contribution in [3.05, 3.63) is 169 Å². The first kappa shape index (κ1) is 27.8. The maximum Gasteiger partial charge on any atom is 0.230 e. The lowest BCUT2D eigenvalue weighted by atomic mass is 10.0. The molecule has 7 rings (SSSR count). The molecule has 1 heterocycles. The molecule has 1 aromatic heterocycles. The minimum atomic E-state index is -0.107. The van der Waals surface area contributed by atoms with Crippen LogP contribution in [0.3, 0.4) is 0 Å². The molecule has 0 amide bonds. The standard InChI is InChI=1S/C41H30N2O2/c1-29(44)38(41-42-39-14-8-9-15-40(39)45-41)28-30-16-22-35(23-17-30)43(36-24-18-33(19-25-36)31-10-4-2-5-11-31)37-26-20-34(21-27-37)32-12-6-3-7-13-32/h2-28H,1H3/b38-28+. The summed E-state index contributed by atoms with van der Waals surface area (Å²) in [6.07, 6.45) is 1.84. The number of Topliss-reactive ketones (excluding diaryl/α,β-unsaturated/α-hetero) is 1. The highest BCUT2D eigenvalue weighted by molar-refractivity contribution is 6.23. The molecule has 0 aliphatic rings. The van der Waals surface area contributed by atoms with E-state index < -0.39 is 0 Å². The molecule has 0 bridgehead atoms. The second kappa shape index (κ2) is 12.3. The number of carbonyl (C=O) groups excluding carboxylic acids is 1. The SMILES string of the molecule is CC(=O)/C(=C\c1ccc(N(c2ccc(-c3ccccc3)cc2)c2ccc(-c3ccccc3)cc2)cc1)c1nc2ccccc2o1. The van der Waals surface area contributed by atoms with E-state index in [0.717, 1.165) is 39.3 Å². The van der Waals surface area contributed by atoms with E-state index >= 15 is 0 Å². The third kappa shape index (κ3) is 5.95. The van der Waals surface area contributed by atoms with Crippen LogP contribution in [0.4, 0.5) is 17.1 Å². The Bertz CT molecular complexity index is 1980. The van der Waals surface area contributed by atoms with E-state index in [1.54, 1.807) is 0 Å². The van der Waals surface area contributed by atoms with Crippen LogP contribution in [0.5, 0.6) is 0 Å². The van der Waals surface area contributed by atoms with Gasteiger partial charge in [-0.1, -0.05) is 109 Å². The monoisotopic (exact) mass is 582 g/mol. The molecule has 7 aromatic rings. The minimum absolute atomic E-state index is 0.107. The largest absolute Gasteiger partial charge is 0.436 e. The Kier molecular flexibility index (Phi) is 7.61. The van der Waals surface area contributed by atoms with Crippen LogP contribution in [-0.4, -0.2) is 10.8 Å². The predicted octanol–water partition coefficient (Wildman–Crippen LogP) is 10.8. The quantitative estimate of drug-likeness (QED) is 0.167. The van der Waals surface area contributed by atoms with E-state index in [1.807, 2.05) is 54.6 Å². The van der Waals surface area contributed by atoms with Crippen LogP contribution in [0.2, 0.25) is 0 Å². The van der Waals surface area contributed by atoms with E-state index in [-0.39, 0.29) is 5.78 Å². The van der Waals surface area contributed by atoms with Crippen LogP contribution >= 0.6 is 0 Å². The molecule has 0 aliphatic heterocycles. The van der Waals surface area contributed by atoms with Crippen molar-refractivity contribution in [3.8, 4) is 22.3 Å². The van der Waals surface area contributed by atoms with Gasteiger partial charge in [0.2, 0.25) is 5.89 Å². The predicted molar refractivity (Wildman–Crippen MR) is 185 cm³/mol. The third-order valence-corrected chi connectivity index (χ3v) is 7.83. The van der Waals surface area contributed by atoms with Crippen LogP contribution in [0.25, 0.3) is 45.0 Å². The van der Waals surface area contributed by atoms with Crippen LogP contribution in [-0.2, 0) is 4.79 Å². The summed E-state index contributed by atoms with van der Waals surface area (Å²) in [4.78, 5) is 19.4. The van der Waals surface area contributed by atoms with Crippen LogP contribution in [0.15, 0.2) is 162 Å². The Balaban J connectivity index is 1.25. The van der Waals surface area contributed by atoms with Gasteiger partial charge in [-0.3, -0.25) is 4.79 Å². The first-order chi connectivity index (χ1) is 22.1. The van der Waals surface area contributed by atoms with E-state index in [2.05, 4.69) is 119 Å². The van der Waals surface area contributed by atoms with Crippen molar-refractivity contribution in [1.82, 2.24) is 4.98 Å². The number of rotatable bonds is 8. The van der Waals surface area contributed by atoms with Gasteiger partial charge in [0.05, 0.1) is 5.57 Å². The fourth-order valence-electron chi connectivity index (χ4n) is 5.50. The zero-order valence-corrected chi connectivity index (χ0v) is 24.8. The smallest absolute Gasteiger partial charge is 0.230 e. The summed E-state index contributed by atoms with van der Waals surface area (Å²) in [6, 6.07) is 53.8. The average Bonchev–Trinajstić information content (AvgIpc) is 3.53. The number of oxazole rings is 1. The third-order valence-electron chi connectivity index (χ3n) is 7.83. The molecule has 4 heteroatoms. The highest BCUT2D eigenvalue weighted by Gasteiger charge is 2.16. The van der Waals surface area contributed by atoms with Gasteiger partial charge in [0.1, 0.15) is 5.52 Å². The molecule has 0 fully saturated rings. The summed E-state index contributed by atoms with van der Waals surface area (Å²) in [5.41, 5.74) is 10.5. The maximum atomic E-state index is 12.7. The molecule has 0 saturated carbocycles. The van der Waals surface area contributed by atoms with Crippen molar-refractivity contribution in [2.45, 2.75) is 6.92 Å². The van der Waals surface area contributed by atoms with Crippen molar-refractivity contribution in [2.75, 3.05) is 4.90 Å². The van der Waals surface area contributed by atoms with Crippen LogP contribution < -0.4 is 4.90 Å². The molecule has 0 radical (unpaired) electrons. The summed E-state index contributed by atoms with van der Waals surface area (Å²) >= 11 is 0. The lowest BCUT2D eigenvalue weighted by Crippen LogP contribution is -2.09. The van der Waals surface area contributed by atoms with E-state index in [9.17, 15) is 4.79 Å². The van der Waals surface area contributed by atoms with E-state index in [4.69, 9.17) is 4.42 Å². The molecule has 0 spiro atoms. The van der Waals surface area contributed by atoms with Gasteiger partial charge >= 0.3 is 0 Å². The molecule has 0 N–H and O–H groups in total. The lowest BCUT2D eigenvalue weighted by Gasteiger charge is -2.26. The average molecular weight is 583 g/mol. The number of carbonyl (C=O) groups is 1. The molecule has 216 valence electrons. The van der Waals surface area contributed by atoms with Crippen LogP contribution in [0.1, 0.15) is 18.4 Å². The summed E-state index contributed by atoms with van der Waals surface area (Å²) in [6.45, 7) is 1.54. The first-order valence-electron chi connectivity index (χ1n) is 14.9. The number of anilines is 3. The number of para-hydroxylation sites is 2. The highest BCUT2D eigenvalue weighted by Crippen LogP contribution is 2.37. The topological polar surface area (TPSA) is 46.3 Å². The molecule has 0 aliphatic carbocycles. The summed E-state index contributed by atoms with van der Waals surface area (Å²) in [5, 5.41) is 0. The van der Waals surface area contributed by atoms with Crippen molar-refractivity contribution in [3.63, 3.8) is 0 Å². The summed E-state index contributed by atoms with van der Waals surface area (Å²) in [7, 11) is 0. The number of hydrogen-bond donors (Lipinski definition) is 0. The lowest BCUT2D eigenvalue weighted by molar-refractivity contribution is -0.111. The van der Waals surface area contributed by atoms with Crippen LogP contribution in [0, 0.1) is 0 Å².